The van der Waals surface area contributed by atoms with Gasteiger partial charge in [-0.3, -0.25) is 0 Å². The molecule has 0 bridgehead atoms. The monoisotopic (exact) mass is 200 g/mol. The highest BCUT2D eigenvalue weighted by molar-refractivity contribution is 4.94. The molecule has 2 N–H and O–H groups in total. The van der Waals surface area contributed by atoms with E-state index in [4.69, 9.17) is 4.74 Å². The molecule has 0 aromatic carbocycles. The van der Waals surface area contributed by atoms with E-state index in [9.17, 15) is 0 Å². The van der Waals surface area contributed by atoms with E-state index >= 15 is 0 Å². The van der Waals surface area contributed by atoms with Crippen molar-refractivity contribution in [3.8, 4) is 0 Å². The molecule has 1 unspecified atom stereocenters. The Morgan fingerprint density at radius 2 is 2.36 bits per heavy atom. The molecule has 0 aromatic heterocycles. The second-order valence-electron chi connectivity index (χ2n) is 4.23. The summed E-state index contributed by atoms with van der Waals surface area (Å²) >= 11 is 0. The Balaban J connectivity index is 2.21. The molecule has 14 heavy (non-hydrogen) atoms. The number of hydrogen-bond donors (Lipinski definition) is 2. The molecule has 1 rings (SSSR count). The third kappa shape index (κ3) is 3.56. The lowest BCUT2D eigenvalue weighted by Gasteiger charge is -2.29. The molecule has 1 heterocycles. The third-order valence-electron chi connectivity index (χ3n) is 3.01. The van der Waals surface area contributed by atoms with Crippen molar-refractivity contribution in [2.45, 2.75) is 38.1 Å². The number of ether oxygens (including phenoxy) is 1. The minimum Gasteiger partial charge on any atom is -0.383 e. The van der Waals surface area contributed by atoms with Crippen LogP contribution >= 0.6 is 0 Å². The van der Waals surface area contributed by atoms with Gasteiger partial charge in [0, 0.05) is 25.7 Å². The SMILES string of the molecule is CCCC1(CNCCOC)CCCN1. The van der Waals surface area contributed by atoms with Crippen molar-refractivity contribution in [1.82, 2.24) is 10.6 Å². The van der Waals surface area contributed by atoms with Crippen molar-refractivity contribution in [3.05, 3.63) is 0 Å². The van der Waals surface area contributed by atoms with Gasteiger partial charge in [-0.05, 0) is 25.8 Å². The van der Waals surface area contributed by atoms with Crippen molar-refractivity contribution >= 4 is 0 Å². The van der Waals surface area contributed by atoms with Gasteiger partial charge < -0.3 is 15.4 Å². The molecule has 0 aromatic rings. The molecule has 3 heteroatoms. The van der Waals surface area contributed by atoms with Gasteiger partial charge in [0.1, 0.15) is 0 Å². The maximum absolute atomic E-state index is 5.02. The molecule has 1 aliphatic heterocycles. The average Bonchev–Trinajstić information content (AvgIpc) is 2.63. The average molecular weight is 200 g/mol. The Morgan fingerprint density at radius 3 is 2.93 bits per heavy atom. The molecular formula is C11H24N2O. The summed E-state index contributed by atoms with van der Waals surface area (Å²) in [6, 6.07) is 0. The van der Waals surface area contributed by atoms with Crippen molar-refractivity contribution in [2.24, 2.45) is 0 Å². The molecule has 1 aliphatic rings. The fraction of sp³-hybridized carbons (Fsp3) is 1.00. The fourth-order valence-corrected chi connectivity index (χ4v) is 2.30. The summed E-state index contributed by atoms with van der Waals surface area (Å²) in [6.45, 7) is 6.30. The third-order valence-corrected chi connectivity index (χ3v) is 3.01. The maximum atomic E-state index is 5.02. The number of nitrogens with one attached hydrogen (secondary N) is 2. The van der Waals surface area contributed by atoms with E-state index in [1.54, 1.807) is 7.11 Å². The van der Waals surface area contributed by atoms with Gasteiger partial charge in [0.25, 0.3) is 0 Å². The molecular weight excluding hydrogens is 176 g/mol. The molecule has 0 aliphatic carbocycles. The lowest BCUT2D eigenvalue weighted by Crippen LogP contribution is -2.48. The van der Waals surface area contributed by atoms with Crippen LogP contribution in [-0.4, -0.2) is 38.9 Å². The van der Waals surface area contributed by atoms with Crippen molar-refractivity contribution in [3.63, 3.8) is 0 Å². The second kappa shape index (κ2) is 6.38. The minimum absolute atomic E-state index is 0.377. The topological polar surface area (TPSA) is 33.3 Å². The molecule has 3 nitrogen and oxygen atoms in total. The zero-order valence-corrected chi connectivity index (χ0v) is 9.57. The van der Waals surface area contributed by atoms with Gasteiger partial charge in [0.05, 0.1) is 6.61 Å². The molecule has 0 saturated carbocycles. The van der Waals surface area contributed by atoms with Crippen LogP contribution in [0.4, 0.5) is 0 Å². The van der Waals surface area contributed by atoms with E-state index in [-0.39, 0.29) is 0 Å². The number of rotatable bonds is 7. The smallest absolute Gasteiger partial charge is 0.0587 e. The van der Waals surface area contributed by atoms with E-state index < -0.39 is 0 Å². The lowest BCUT2D eigenvalue weighted by molar-refractivity contribution is 0.194. The Labute approximate surface area is 87.6 Å². The van der Waals surface area contributed by atoms with Gasteiger partial charge in [-0.2, -0.15) is 0 Å². The van der Waals surface area contributed by atoms with Gasteiger partial charge in [-0.1, -0.05) is 13.3 Å². The summed E-state index contributed by atoms with van der Waals surface area (Å²) in [7, 11) is 1.75. The van der Waals surface area contributed by atoms with E-state index in [0.29, 0.717) is 5.54 Å². The Kier molecular flexibility index (Phi) is 5.45. The zero-order valence-electron chi connectivity index (χ0n) is 9.57. The standard InChI is InChI=1S/C11H24N2O/c1-3-5-11(6-4-7-13-11)10-12-8-9-14-2/h12-13H,3-10H2,1-2H3. The molecule has 1 saturated heterocycles. The van der Waals surface area contributed by atoms with Crippen LogP contribution in [0, 0.1) is 0 Å². The van der Waals surface area contributed by atoms with E-state index in [0.717, 1.165) is 19.7 Å². The van der Waals surface area contributed by atoms with Crippen LogP contribution in [0.3, 0.4) is 0 Å². The van der Waals surface area contributed by atoms with Gasteiger partial charge in [-0.25, -0.2) is 0 Å². The minimum atomic E-state index is 0.377. The van der Waals surface area contributed by atoms with Crippen LogP contribution < -0.4 is 10.6 Å². The normalized spacial score (nSPS) is 27.0. The first-order valence-corrected chi connectivity index (χ1v) is 5.78. The van der Waals surface area contributed by atoms with Gasteiger partial charge >= 0.3 is 0 Å². The summed E-state index contributed by atoms with van der Waals surface area (Å²) < 4.78 is 5.02. The van der Waals surface area contributed by atoms with E-state index in [1.807, 2.05) is 0 Å². The Bertz CT molecular complexity index is 144. The van der Waals surface area contributed by atoms with Crippen LogP contribution in [0.5, 0.6) is 0 Å². The first-order valence-electron chi connectivity index (χ1n) is 5.78. The van der Waals surface area contributed by atoms with Crippen LogP contribution in [0.25, 0.3) is 0 Å². The Hall–Kier alpha value is -0.120. The van der Waals surface area contributed by atoms with E-state index in [1.165, 1.54) is 32.2 Å². The van der Waals surface area contributed by atoms with Crippen molar-refractivity contribution in [2.75, 3.05) is 33.4 Å². The summed E-state index contributed by atoms with van der Waals surface area (Å²) in [5.74, 6) is 0. The van der Waals surface area contributed by atoms with Crippen LogP contribution in [-0.2, 0) is 4.74 Å². The summed E-state index contributed by atoms with van der Waals surface area (Å²) in [4.78, 5) is 0. The molecule has 0 spiro atoms. The highest BCUT2D eigenvalue weighted by atomic mass is 16.5. The predicted octanol–water partition coefficient (Wildman–Crippen LogP) is 1.14. The summed E-state index contributed by atoms with van der Waals surface area (Å²) in [5.41, 5.74) is 0.377. The second-order valence-corrected chi connectivity index (χ2v) is 4.23. The predicted molar refractivity (Wildman–Crippen MR) is 59.6 cm³/mol. The summed E-state index contributed by atoms with van der Waals surface area (Å²) in [5, 5.41) is 7.11. The molecule has 1 fully saturated rings. The number of hydrogen-bond acceptors (Lipinski definition) is 3. The molecule has 84 valence electrons. The lowest BCUT2D eigenvalue weighted by atomic mass is 9.92. The van der Waals surface area contributed by atoms with Crippen molar-refractivity contribution < 1.29 is 4.74 Å². The zero-order chi connectivity index (χ0) is 10.3. The maximum Gasteiger partial charge on any atom is 0.0587 e. The molecule has 0 amide bonds. The van der Waals surface area contributed by atoms with Gasteiger partial charge in [0.15, 0.2) is 0 Å². The van der Waals surface area contributed by atoms with Crippen LogP contribution in [0.2, 0.25) is 0 Å². The first-order chi connectivity index (χ1) is 6.83. The quantitative estimate of drug-likeness (QED) is 0.605. The van der Waals surface area contributed by atoms with Crippen LogP contribution in [0.1, 0.15) is 32.6 Å². The highest BCUT2D eigenvalue weighted by Crippen LogP contribution is 2.23. The van der Waals surface area contributed by atoms with Gasteiger partial charge in [-0.15, -0.1) is 0 Å². The largest absolute Gasteiger partial charge is 0.383 e. The molecule has 1 atom stereocenters. The van der Waals surface area contributed by atoms with Crippen molar-refractivity contribution in [1.29, 1.82) is 0 Å². The first kappa shape index (κ1) is 12.0. The fourth-order valence-electron chi connectivity index (χ4n) is 2.30. The van der Waals surface area contributed by atoms with Gasteiger partial charge in [0.2, 0.25) is 0 Å². The van der Waals surface area contributed by atoms with E-state index in [2.05, 4.69) is 17.6 Å². The highest BCUT2D eigenvalue weighted by Gasteiger charge is 2.31. The Morgan fingerprint density at radius 1 is 1.50 bits per heavy atom. The number of methoxy groups -OCH3 is 1. The molecule has 0 radical (unpaired) electrons. The van der Waals surface area contributed by atoms with Crippen LogP contribution in [0.15, 0.2) is 0 Å². The summed E-state index contributed by atoms with van der Waals surface area (Å²) in [6.07, 6.45) is 5.19.